The van der Waals surface area contributed by atoms with Crippen LogP contribution in [0.5, 0.6) is 0 Å². The van der Waals surface area contributed by atoms with E-state index in [0.717, 1.165) is 17.9 Å². The molecule has 82 valence electrons. The van der Waals surface area contributed by atoms with E-state index in [-0.39, 0.29) is 0 Å². The van der Waals surface area contributed by atoms with E-state index < -0.39 is 0 Å². The van der Waals surface area contributed by atoms with Crippen LogP contribution in [0, 0.1) is 11.8 Å². The molecule has 0 aromatic carbocycles. The zero-order chi connectivity index (χ0) is 10.1. The van der Waals surface area contributed by atoms with Crippen molar-refractivity contribution < 1.29 is 0 Å². The highest BCUT2D eigenvalue weighted by Crippen LogP contribution is 2.31. The summed E-state index contributed by atoms with van der Waals surface area (Å²) in [5.74, 6) is 1.65. The van der Waals surface area contributed by atoms with Crippen molar-refractivity contribution in [3.05, 3.63) is 0 Å². The highest BCUT2D eigenvalue weighted by molar-refractivity contribution is 4.88. The third-order valence-corrected chi connectivity index (χ3v) is 4.00. The van der Waals surface area contributed by atoms with Gasteiger partial charge in [0.1, 0.15) is 0 Å². The molecule has 0 radical (unpaired) electrons. The first-order valence-electron chi connectivity index (χ1n) is 6.12. The standard InChI is InChI=1S/C12H24N2/c1-9-3-6-12(13)10(7-9)8-14(2)11-4-5-11/h9-12H,3-8,13H2,1-2H3. The molecule has 0 spiro atoms. The van der Waals surface area contributed by atoms with Crippen molar-refractivity contribution in [1.82, 2.24) is 4.90 Å². The first-order chi connectivity index (χ1) is 6.66. The molecule has 0 bridgehead atoms. The van der Waals surface area contributed by atoms with E-state index in [9.17, 15) is 0 Å². The molecule has 2 nitrogen and oxygen atoms in total. The second-order valence-electron chi connectivity index (χ2n) is 5.51. The average molecular weight is 196 g/mol. The summed E-state index contributed by atoms with van der Waals surface area (Å²) in [5.41, 5.74) is 6.18. The minimum Gasteiger partial charge on any atom is -0.327 e. The predicted molar refractivity (Wildman–Crippen MR) is 60.1 cm³/mol. The summed E-state index contributed by atoms with van der Waals surface area (Å²) < 4.78 is 0. The van der Waals surface area contributed by atoms with Gasteiger partial charge in [-0.05, 0) is 51.0 Å². The minimum atomic E-state index is 0.465. The molecule has 0 heterocycles. The Morgan fingerprint density at radius 1 is 1.21 bits per heavy atom. The molecule has 2 saturated carbocycles. The molecule has 2 N–H and O–H groups in total. The van der Waals surface area contributed by atoms with Crippen molar-refractivity contribution in [2.45, 2.75) is 51.1 Å². The molecule has 14 heavy (non-hydrogen) atoms. The molecule has 0 aliphatic heterocycles. The normalized spacial score (nSPS) is 39.0. The molecule has 0 saturated heterocycles. The maximum Gasteiger partial charge on any atom is 0.00934 e. The summed E-state index contributed by atoms with van der Waals surface area (Å²) in [6, 6.07) is 1.35. The third-order valence-electron chi connectivity index (χ3n) is 4.00. The Bertz CT molecular complexity index is 189. The second-order valence-corrected chi connectivity index (χ2v) is 5.51. The van der Waals surface area contributed by atoms with Crippen molar-refractivity contribution in [3.8, 4) is 0 Å². The number of hydrogen-bond donors (Lipinski definition) is 1. The summed E-state index contributed by atoms with van der Waals surface area (Å²) in [5, 5.41) is 0. The zero-order valence-electron chi connectivity index (χ0n) is 9.58. The molecule has 0 aromatic rings. The topological polar surface area (TPSA) is 29.3 Å². The van der Waals surface area contributed by atoms with Crippen molar-refractivity contribution in [2.75, 3.05) is 13.6 Å². The Morgan fingerprint density at radius 2 is 1.93 bits per heavy atom. The largest absolute Gasteiger partial charge is 0.327 e. The number of rotatable bonds is 3. The van der Waals surface area contributed by atoms with E-state index in [1.165, 1.54) is 38.6 Å². The summed E-state index contributed by atoms with van der Waals surface area (Å²) in [6.07, 6.45) is 6.75. The molecule has 0 aromatic heterocycles. The van der Waals surface area contributed by atoms with Crippen LogP contribution in [0.2, 0.25) is 0 Å². The average Bonchev–Trinajstić information content (AvgIpc) is 2.94. The van der Waals surface area contributed by atoms with Crippen LogP contribution in [0.4, 0.5) is 0 Å². The predicted octanol–water partition coefficient (Wildman–Crippen LogP) is 1.84. The summed E-state index contributed by atoms with van der Waals surface area (Å²) in [4.78, 5) is 2.53. The number of nitrogens with zero attached hydrogens (tertiary/aromatic N) is 1. The van der Waals surface area contributed by atoms with Crippen LogP contribution in [-0.4, -0.2) is 30.6 Å². The van der Waals surface area contributed by atoms with Gasteiger partial charge in [0.25, 0.3) is 0 Å². The first-order valence-corrected chi connectivity index (χ1v) is 6.12. The number of hydrogen-bond acceptors (Lipinski definition) is 2. The summed E-state index contributed by atoms with van der Waals surface area (Å²) in [6.45, 7) is 3.60. The van der Waals surface area contributed by atoms with Gasteiger partial charge in [0.05, 0.1) is 0 Å². The quantitative estimate of drug-likeness (QED) is 0.746. The summed E-state index contributed by atoms with van der Waals surface area (Å²) in [7, 11) is 2.27. The lowest BCUT2D eigenvalue weighted by molar-refractivity contribution is 0.176. The van der Waals surface area contributed by atoms with Gasteiger partial charge >= 0.3 is 0 Å². The van der Waals surface area contributed by atoms with Crippen molar-refractivity contribution >= 4 is 0 Å². The van der Waals surface area contributed by atoms with Crippen LogP contribution in [0.15, 0.2) is 0 Å². The molecule has 2 fully saturated rings. The van der Waals surface area contributed by atoms with Gasteiger partial charge < -0.3 is 10.6 Å². The van der Waals surface area contributed by atoms with E-state index in [1.54, 1.807) is 0 Å². The van der Waals surface area contributed by atoms with Crippen molar-refractivity contribution in [1.29, 1.82) is 0 Å². The Hall–Kier alpha value is -0.0800. The molecule has 2 heteroatoms. The van der Waals surface area contributed by atoms with Gasteiger partial charge in [-0.2, -0.15) is 0 Å². The van der Waals surface area contributed by atoms with E-state index in [2.05, 4.69) is 18.9 Å². The van der Waals surface area contributed by atoms with Gasteiger partial charge in [-0.1, -0.05) is 6.92 Å². The lowest BCUT2D eigenvalue weighted by Gasteiger charge is -2.35. The molecular weight excluding hydrogens is 172 g/mol. The Balaban J connectivity index is 1.81. The fourth-order valence-corrected chi connectivity index (χ4v) is 2.77. The van der Waals surface area contributed by atoms with Gasteiger partial charge in [0.2, 0.25) is 0 Å². The monoisotopic (exact) mass is 196 g/mol. The van der Waals surface area contributed by atoms with Crippen LogP contribution >= 0.6 is 0 Å². The van der Waals surface area contributed by atoms with E-state index in [0.29, 0.717) is 6.04 Å². The first kappa shape index (κ1) is 10.4. The highest BCUT2D eigenvalue weighted by atomic mass is 15.2. The van der Waals surface area contributed by atoms with E-state index in [1.807, 2.05) is 0 Å². The molecule has 2 aliphatic carbocycles. The lowest BCUT2D eigenvalue weighted by atomic mass is 9.79. The highest BCUT2D eigenvalue weighted by Gasteiger charge is 2.31. The van der Waals surface area contributed by atoms with Crippen LogP contribution in [0.25, 0.3) is 0 Å². The van der Waals surface area contributed by atoms with E-state index >= 15 is 0 Å². The fourth-order valence-electron chi connectivity index (χ4n) is 2.77. The van der Waals surface area contributed by atoms with Crippen molar-refractivity contribution in [2.24, 2.45) is 17.6 Å². The Labute approximate surface area is 87.8 Å². The molecule has 3 unspecified atom stereocenters. The molecule has 2 rings (SSSR count). The molecule has 0 amide bonds. The third kappa shape index (κ3) is 2.48. The fraction of sp³-hybridized carbons (Fsp3) is 1.00. The van der Waals surface area contributed by atoms with Crippen molar-refractivity contribution in [3.63, 3.8) is 0 Å². The van der Waals surface area contributed by atoms with Gasteiger partial charge in [-0.25, -0.2) is 0 Å². The van der Waals surface area contributed by atoms with Crippen LogP contribution in [0.1, 0.15) is 39.0 Å². The number of nitrogens with two attached hydrogens (primary N) is 1. The maximum atomic E-state index is 6.18. The van der Waals surface area contributed by atoms with Gasteiger partial charge in [0.15, 0.2) is 0 Å². The van der Waals surface area contributed by atoms with Gasteiger partial charge in [-0.3, -0.25) is 0 Å². The van der Waals surface area contributed by atoms with Crippen LogP contribution in [0.3, 0.4) is 0 Å². The Kier molecular flexibility index (Phi) is 3.13. The van der Waals surface area contributed by atoms with Crippen LogP contribution in [-0.2, 0) is 0 Å². The van der Waals surface area contributed by atoms with Crippen LogP contribution < -0.4 is 5.73 Å². The molecule has 2 aliphatic rings. The summed E-state index contributed by atoms with van der Waals surface area (Å²) >= 11 is 0. The molecule has 3 atom stereocenters. The SMILES string of the molecule is CC1CCC(N)C(CN(C)C2CC2)C1. The zero-order valence-corrected chi connectivity index (χ0v) is 9.58. The van der Waals surface area contributed by atoms with E-state index in [4.69, 9.17) is 5.73 Å². The Morgan fingerprint density at radius 3 is 2.57 bits per heavy atom. The second kappa shape index (κ2) is 4.19. The lowest BCUT2D eigenvalue weighted by Crippen LogP contribution is -2.42. The molecular formula is C12H24N2. The maximum absolute atomic E-state index is 6.18. The van der Waals surface area contributed by atoms with Gasteiger partial charge in [-0.15, -0.1) is 0 Å². The van der Waals surface area contributed by atoms with Gasteiger partial charge in [0, 0.05) is 18.6 Å². The smallest absolute Gasteiger partial charge is 0.00934 e. The minimum absolute atomic E-state index is 0.465.